The molecule has 1 heterocycles. The van der Waals surface area contributed by atoms with Gasteiger partial charge < -0.3 is 19.4 Å². The highest BCUT2D eigenvalue weighted by atomic mass is 16.5. The molecule has 8 nitrogen and oxygen atoms in total. The fourth-order valence-electron chi connectivity index (χ4n) is 6.65. The molecule has 0 radical (unpaired) electrons. The van der Waals surface area contributed by atoms with Gasteiger partial charge in [-0.1, -0.05) is 121 Å². The van der Waals surface area contributed by atoms with Crippen molar-refractivity contribution in [3.63, 3.8) is 0 Å². The van der Waals surface area contributed by atoms with Gasteiger partial charge in [-0.3, -0.25) is 21.6 Å². The largest absolute Gasteiger partial charge is 0.421 e. The SMILES string of the molecule is N=C(OC(=N)c1cc(Nc2ccccc2-c2ccccc2)c(-n2c3ccccc3c3ccccc32)cc1C(=N)OC(=N)c1ccccc1)c1ccccc1. The molecule has 0 spiro atoms. The molecule has 8 aromatic rings. The van der Waals surface area contributed by atoms with E-state index in [2.05, 4.69) is 52.3 Å². The third kappa shape index (κ3) is 6.51. The quantitative estimate of drug-likeness (QED) is 0.0797. The van der Waals surface area contributed by atoms with E-state index < -0.39 is 0 Å². The van der Waals surface area contributed by atoms with E-state index in [1.807, 2.05) is 72.8 Å². The van der Waals surface area contributed by atoms with Crippen LogP contribution in [0.15, 0.2) is 176 Å². The highest BCUT2D eigenvalue weighted by molar-refractivity contribution is 6.15. The molecule has 7 aromatic carbocycles. The Morgan fingerprint density at radius 1 is 0.426 bits per heavy atom. The van der Waals surface area contributed by atoms with Crippen molar-refractivity contribution in [3.05, 3.63) is 198 Å². The van der Waals surface area contributed by atoms with E-state index in [1.165, 1.54) is 0 Å². The summed E-state index contributed by atoms with van der Waals surface area (Å²) in [7, 11) is 0. The number of ether oxygens (including phenoxy) is 2. The normalized spacial score (nSPS) is 10.9. The number of fused-ring (bicyclic) bond motifs is 3. The third-order valence-electron chi connectivity index (χ3n) is 9.21. The smallest absolute Gasteiger partial charge is 0.222 e. The molecule has 54 heavy (non-hydrogen) atoms. The predicted molar refractivity (Wildman–Crippen MR) is 218 cm³/mol. The van der Waals surface area contributed by atoms with Crippen LogP contribution in [-0.4, -0.2) is 28.2 Å². The summed E-state index contributed by atoms with van der Waals surface area (Å²) in [5, 5.41) is 41.7. The van der Waals surface area contributed by atoms with Gasteiger partial charge in [0.15, 0.2) is 0 Å². The van der Waals surface area contributed by atoms with Crippen molar-refractivity contribution in [3.8, 4) is 16.8 Å². The molecular formula is C46H34N6O2. The Morgan fingerprint density at radius 2 is 0.870 bits per heavy atom. The van der Waals surface area contributed by atoms with Crippen molar-refractivity contribution in [2.45, 2.75) is 0 Å². The zero-order valence-electron chi connectivity index (χ0n) is 29.0. The van der Waals surface area contributed by atoms with Crippen LogP contribution >= 0.6 is 0 Å². The van der Waals surface area contributed by atoms with Crippen LogP contribution < -0.4 is 5.32 Å². The fourth-order valence-corrected chi connectivity index (χ4v) is 6.65. The summed E-state index contributed by atoms with van der Waals surface area (Å²) in [6.07, 6.45) is 0. The van der Waals surface area contributed by atoms with E-state index in [0.717, 1.165) is 38.6 Å². The first-order valence-electron chi connectivity index (χ1n) is 17.4. The van der Waals surface area contributed by atoms with Gasteiger partial charge >= 0.3 is 0 Å². The maximum absolute atomic E-state index is 9.28. The van der Waals surface area contributed by atoms with Gasteiger partial charge in [0.1, 0.15) is 0 Å². The lowest BCUT2D eigenvalue weighted by molar-refractivity contribution is 0.530. The number of hydrogen-bond acceptors (Lipinski definition) is 7. The maximum atomic E-state index is 9.28. The van der Waals surface area contributed by atoms with Crippen molar-refractivity contribution >= 4 is 56.8 Å². The predicted octanol–water partition coefficient (Wildman–Crippen LogP) is 10.9. The van der Waals surface area contributed by atoms with Gasteiger partial charge in [-0.2, -0.15) is 0 Å². The van der Waals surface area contributed by atoms with Crippen LogP contribution in [0.5, 0.6) is 0 Å². The number of nitrogens with one attached hydrogen (secondary N) is 5. The second kappa shape index (κ2) is 14.6. The Morgan fingerprint density at radius 3 is 1.43 bits per heavy atom. The highest BCUT2D eigenvalue weighted by Gasteiger charge is 2.24. The first-order valence-corrected chi connectivity index (χ1v) is 17.4. The van der Waals surface area contributed by atoms with Gasteiger partial charge in [0, 0.05) is 33.2 Å². The monoisotopic (exact) mass is 702 g/mol. The van der Waals surface area contributed by atoms with E-state index in [-0.39, 0.29) is 34.7 Å². The standard InChI is InChI=1S/C46H34N6O2/c47-43(31-18-6-2-7-19-31)53-45(49)36-28-39(51-38-25-13-10-22-33(38)30-16-4-1-5-17-30)42(29-37(36)46(50)54-44(48)32-20-8-3-9-21-32)52-40-26-14-11-23-34(40)35-24-12-15-27-41(35)52/h1-29,47-51H. The molecule has 1 aromatic heterocycles. The maximum Gasteiger partial charge on any atom is 0.222 e. The van der Waals surface area contributed by atoms with Gasteiger partial charge in [0.05, 0.1) is 33.5 Å². The fraction of sp³-hybridized carbons (Fsp3) is 0. The molecule has 0 fully saturated rings. The van der Waals surface area contributed by atoms with E-state index in [0.29, 0.717) is 22.5 Å². The minimum atomic E-state index is -0.355. The Kier molecular flexibility index (Phi) is 9.06. The Labute approximate surface area is 311 Å². The van der Waals surface area contributed by atoms with Crippen molar-refractivity contribution in [2.75, 3.05) is 5.32 Å². The summed E-state index contributed by atoms with van der Waals surface area (Å²) in [5.41, 5.74) is 7.42. The molecule has 0 saturated carbocycles. The molecule has 0 aliphatic heterocycles. The summed E-state index contributed by atoms with van der Waals surface area (Å²) in [6.45, 7) is 0. The lowest BCUT2D eigenvalue weighted by atomic mass is 10.0. The number of anilines is 2. The van der Waals surface area contributed by atoms with Gasteiger partial charge in [-0.25, -0.2) is 0 Å². The second-order valence-corrected chi connectivity index (χ2v) is 12.6. The molecule has 0 bridgehead atoms. The zero-order chi connectivity index (χ0) is 37.0. The summed E-state index contributed by atoms with van der Waals surface area (Å²) >= 11 is 0. The Hall–Kier alpha value is -7.58. The first kappa shape index (κ1) is 33.6. The second-order valence-electron chi connectivity index (χ2n) is 12.6. The number of hydrogen-bond donors (Lipinski definition) is 5. The van der Waals surface area contributed by atoms with Crippen LogP contribution in [0.2, 0.25) is 0 Å². The van der Waals surface area contributed by atoms with Gasteiger partial charge in [-0.15, -0.1) is 0 Å². The lowest BCUT2D eigenvalue weighted by Gasteiger charge is -2.22. The molecule has 0 aliphatic carbocycles. The summed E-state index contributed by atoms with van der Waals surface area (Å²) < 4.78 is 14.0. The van der Waals surface area contributed by atoms with E-state index in [9.17, 15) is 10.8 Å². The number of para-hydroxylation sites is 3. The molecule has 0 unspecified atom stereocenters. The average molecular weight is 703 g/mol. The molecular weight excluding hydrogens is 669 g/mol. The van der Waals surface area contributed by atoms with Gasteiger partial charge in [0.2, 0.25) is 23.6 Å². The molecule has 0 amide bonds. The topological polar surface area (TPSA) is 131 Å². The number of aromatic nitrogens is 1. The van der Waals surface area contributed by atoms with Gasteiger partial charge in [0.25, 0.3) is 0 Å². The summed E-state index contributed by atoms with van der Waals surface area (Å²) in [6, 6.07) is 55.9. The Balaban J connectivity index is 1.35. The van der Waals surface area contributed by atoms with Crippen LogP contribution in [0.25, 0.3) is 38.6 Å². The van der Waals surface area contributed by atoms with Crippen LogP contribution in [0, 0.1) is 21.6 Å². The molecule has 5 N–H and O–H groups in total. The molecule has 0 saturated heterocycles. The van der Waals surface area contributed by atoms with E-state index in [4.69, 9.17) is 20.3 Å². The van der Waals surface area contributed by atoms with Crippen LogP contribution in [0.1, 0.15) is 22.3 Å². The zero-order valence-corrected chi connectivity index (χ0v) is 29.0. The van der Waals surface area contributed by atoms with Crippen LogP contribution in [-0.2, 0) is 9.47 Å². The minimum Gasteiger partial charge on any atom is -0.421 e. The van der Waals surface area contributed by atoms with Crippen LogP contribution in [0.4, 0.5) is 11.4 Å². The molecule has 260 valence electrons. The van der Waals surface area contributed by atoms with E-state index in [1.54, 1.807) is 60.7 Å². The average Bonchev–Trinajstić information content (AvgIpc) is 3.56. The number of rotatable bonds is 8. The summed E-state index contributed by atoms with van der Waals surface area (Å²) in [4.78, 5) is 0. The molecule has 8 heteroatoms. The number of benzene rings is 7. The molecule has 8 rings (SSSR count). The third-order valence-corrected chi connectivity index (χ3v) is 9.21. The molecule has 0 aliphatic rings. The molecule has 0 atom stereocenters. The van der Waals surface area contributed by atoms with Crippen molar-refractivity contribution in [1.82, 2.24) is 4.57 Å². The highest BCUT2D eigenvalue weighted by Crippen LogP contribution is 2.39. The van der Waals surface area contributed by atoms with Crippen molar-refractivity contribution in [1.29, 1.82) is 21.6 Å². The van der Waals surface area contributed by atoms with Crippen molar-refractivity contribution in [2.24, 2.45) is 0 Å². The van der Waals surface area contributed by atoms with Crippen molar-refractivity contribution < 1.29 is 9.47 Å². The number of nitrogens with zero attached hydrogens (tertiary/aromatic N) is 1. The Bertz CT molecular complexity index is 2650. The minimum absolute atomic E-state index is 0.200. The van der Waals surface area contributed by atoms with Gasteiger partial charge in [-0.05, 0) is 60.2 Å². The van der Waals surface area contributed by atoms with Crippen LogP contribution in [0.3, 0.4) is 0 Å². The first-order chi connectivity index (χ1) is 26.5. The lowest BCUT2D eigenvalue weighted by Crippen LogP contribution is -2.20. The summed E-state index contributed by atoms with van der Waals surface area (Å²) in [5.74, 6) is -1.14. The van der Waals surface area contributed by atoms with E-state index >= 15 is 0 Å².